The molecule has 2 N–H and O–H groups in total. The van der Waals surface area contributed by atoms with Gasteiger partial charge in [-0.05, 0) is 50.4 Å². The molecule has 0 aliphatic carbocycles. The fourth-order valence-corrected chi connectivity index (χ4v) is 3.85. The van der Waals surface area contributed by atoms with Crippen molar-refractivity contribution in [2.75, 3.05) is 25.0 Å². The first kappa shape index (κ1) is 16.3. The van der Waals surface area contributed by atoms with E-state index in [4.69, 9.17) is 0 Å². The number of fused-ring (bicyclic) bond motifs is 1. The van der Waals surface area contributed by atoms with Gasteiger partial charge in [-0.2, -0.15) is 0 Å². The number of hydrogen-bond donors (Lipinski definition) is 2. The van der Waals surface area contributed by atoms with E-state index in [1.807, 2.05) is 0 Å². The molecule has 0 saturated carbocycles. The van der Waals surface area contributed by atoms with Crippen LogP contribution < -0.4 is 5.32 Å². The Morgan fingerprint density at radius 2 is 2.43 bits per heavy atom. The molecule has 0 bridgehead atoms. The largest absolute Gasteiger partial charge is 0.393 e. The Hall–Kier alpha value is -1.57. The van der Waals surface area contributed by atoms with Crippen LogP contribution in [0.2, 0.25) is 0 Å². The summed E-state index contributed by atoms with van der Waals surface area (Å²) < 4.78 is 13.9. The number of piperidine rings is 1. The van der Waals surface area contributed by atoms with Crippen LogP contribution in [-0.4, -0.2) is 46.6 Å². The number of nitrogens with one attached hydrogen (secondary N) is 1. The highest BCUT2D eigenvalue weighted by Crippen LogP contribution is 2.26. The lowest BCUT2D eigenvalue weighted by molar-refractivity contribution is -0.118. The summed E-state index contributed by atoms with van der Waals surface area (Å²) in [5.74, 6) is -0.214. The second-order valence-corrected chi connectivity index (χ2v) is 7.09. The predicted octanol–water partition coefficient (Wildman–Crippen LogP) is 2.47. The number of rotatable bonds is 4. The van der Waals surface area contributed by atoms with Gasteiger partial charge in [-0.25, -0.2) is 9.37 Å². The Bertz CT molecular complexity index is 704. The molecule has 1 fully saturated rings. The molecular formula is C16H20FN3O2S. The molecule has 1 aromatic carbocycles. The van der Waals surface area contributed by atoms with Crippen LogP contribution in [0.15, 0.2) is 18.2 Å². The summed E-state index contributed by atoms with van der Waals surface area (Å²) in [6, 6.07) is 4.38. The molecule has 3 rings (SSSR count). The van der Waals surface area contributed by atoms with Crippen molar-refractivity contribution in [1.82, 2.24) is 9.88 Å². The molecule has 2 unspecified atom stereocenters. The maximum Gasteiger partial charge on any atom is 0.240 e. The van der Waals surface area contributed by atoms with Crippen LogP contribution in [0.25, 0.3) is 10.2 Å². The van der Waals surface area contributed by atoms with Gasteiger partial charge < -0.3 is 10.4 Å². The van der Waals surface area contributed by atoms with Gasteiger partial charge in [-0.3, -0.25) is 9.69 Å². The summed E-state index contributed by atoms with van der Waals surface area (Å²) in [7, 11) is 0. The van der Waals surface area contributed by atoms with E-state index < -0.39 is 0 Å². The highest BCUT2D eigenvalue weighted by molar-refractivity contribution is 7.22. The van der Waals surface area contributed by atoms with Gasteiger partial charge in [0.25, 0.3) is 0 Å². The van der Waals surface area contributed by atoms with Crippen LogP contribution in [0.5, 0.6) is 0 Å². The summed E-state index contributed by atoms with van der Waals surface area (Å²) in [5, 5.41) is 13.0. The molecule has 0 radical (unpaired) electrons. The molecule has 1 saturated heterocycles. The summed E-state index contributed by atoms with van der Waals surface area (Å²) >= 11 is 1.27. The lowest BCUT2D eigenvalue weighted by Crippen LogP contribution is -2.43. The SMILES string of the molecule is CC(O)C1CCCN(CC(=O)Nc2nc3ccc(F)cc3s2)C1. The highest BCUT2D eigenvalue weighted by atomic mass is 32.1. The topological polar surface area (TPSA) is 65.5 Å². The number of hydrogen-bond acceptors (Lipinski definition) is 5. The first-order chi connectivity index (χ1) is 11.0. The third-order valence-corrected chi connectivity index (χ3v) is 5.12. The zero-order valence-electron chi connectivity index (χ0n) is 13.0. The molecule has 1 aliphatic rings. The van der Waals surface area contributed by atoms with E-state index >= 15 is 0 Å². The van der Waals surface area contributed by atoms with E-state index in [1.165, 1.54) is 23.5 Å². The number of thiazole rings is 1. The van der Waals surface area contributed by atoms with Crippen molar-refractivity contribution in [3.63, 3.8) is 0 Å². The van der Waals surface area contributed by atoms with E-state index in [2.05, 4.69) is 15.2 Å². The van der Waals surface area contributed by atoms with Gasteiger partial charge in [0.2, 0.25) is 5.91 Å². The number of aliphatic hydroxyl groups is 1. The first-order valence-electron chi connectivity index (χ1n) is 7.77. The van der Waals surface area contributed by atoms with Crippen LogP contribution >= 0.6 is 11.3 Å². The van der Waals surface area contributed by atoms with Crippen molar-refractivity contribution >= 4 is 32.6 Å². The number of anilines is 1. The number of likely N-dealkylation sites (tertiary alicyclic amines) is 1. The zero-order valence-corrected chi connectivity index (χ0v) is 13.8. The molecular weight excluding hydrogens is 317 g/mol. The molecule has 23 heavy (non-hydrogen) atoms. The number of carbonyl (C=O) groups excluding carboxylic acids is 1. The maximum absolute atomic E-state index is 13.2. The summed E-state index contributed by atoms with van der Waals surface area (Å²) in [6.45, 7) is 3.68. The van der Waals surface area contributed by atoms with Gasteiger partial charge in [0.15, 0.2) is 5.13 Å². The fourth-order valence-electron chi connectivity index (χ4n) is 2.94. The van der Waals surface area contributed by atoms with Crippen LogP contribution in [0.1, 0.15) is 19.8 Å². The summed E-state index contributed by atoms with van der Waals surface area (Å²) in [6.07, 6.45) is 1.64. The molecule has 2 heterocycles. The summed E-state index contributed by atoms with van der Waals surface area (Å²) in [4.78, 5) is 18.5. The smallest absolute Gasteiger partial charge is 0.240 e. The van der Waals surface area contributed by atoms with E-state index in [0.717, 1.165) is 25.9 Å². The molecule has 1 aliphatic heterocycles. The van der Waals surface area contributed by atoms with E-state index in [0.29, 0.717) is 15.3 Å². The van der Waals surface area contributed by atoms with Crippen molar-refractivity contribution in [2.24, 2.45) is 5.92 Å². The lowest BCUT2D eigenvalue weighted by atomic mass is 9.93. The molecule has 5 nitrogen and oxygen atoms in total. The standard InChI is InChI=1S/C16H20FN3O2S/c1-10(21)11-3-2-6-20(8-11)9-15(22)19-16-18-13-5-4-12(17)7-14(13)23-16/h4-5,7,10-11,21H,2-3,6,8-9H2,1H3,(H,18,19,22). The number of aromatic nitrogens is 1. The second-order valence-electron chi connectivity index (χ2n) is 6.06. The van der Waals surface area contributed by atoms with Crippen molar-refractivity contribution in [1.29, 1.82) is 0 Å². The van der Waals surface area contributed by atoms with Crippen molar-refractivity contribution in [3.05, 3.63) is 24.0 Å². The van der Waals surface area contributed by atoms with Gasteiger partial charge in [0, 0.05) is 6.54 Å². The average molecular weight is 337 g/mol. The summed E-state index contributed by atoms with van der Waals surface area (Å²) in [5.41, 5.74) is 0.679. The maximum atomic E-state index is 13.2. The highest BCUT2D eigenvalue weighted by Gasteiger charge is 2.24. The number of nitrogens with zero attached hydrogens (tertiary/aromatic N) is 2. The minimum atomic E-state index is -0.347. The average Bonchev–Trinajstić information content (AvgIpc) is 2.88. The lowest BCUT2D eigenvalue weighted by Gasteiger charge is -2.33. The minimum Gasteiger partial charge on any atom is -0.393 e. The Balaban J connectivity index is 1.59. The number of carbonyl (C=O) groups is 1. The van der Waals surface area contributed by atoms with Crippen LogP contribution in [0, 0.1) is 11.7 Å². The fraction of sp³-hybridized carbons (Fsp3) is 0.500. The van der Waals surface area contributed by atoms with E-state index in [9.17, 15) is 14.3 Å². The van der Waals surface area contributed by atoms with Gasteiger partial charge in [0.05, 0.1) is 22.9 Å². The van der Waals surface area contributed by atoms with Crippen molar-refractivity contribution in [3.8, 4) is 0 Å². The third-order valence-electron chi connectivity index (χ3n) is 4.19. The van der Waals surface area contributed by atoms with E-state index in [-0.39, 0.29) is 30.3 Å². The molecule has 0 spiro atoms. The first-order valence-corrected chi connectivity index (χ1v) is 8.59. The Morgan fingerprint density at radius 3 is 3.22 bits per heavy atom. The monoisotopic (exact) mass is 337 g/mol. The van der Waals surface area contributed by atoms with Crippen LogP contribution in [0.3, 0.4) is 0 Å². The van der Waals surface area contributed by atoms with Gasteiger partial charge in [-0.1, -0.05) is 11.3 Å². The molecule has 2 aromatic rings. The van der Waals surface area contributed by atoms with Crippen molar-refractivity contribution < 1.29 is 14.3 Å². The third kappa shape index (κ3) is 4.04. The second kappa shape index (κ2) is 6.90. The van der Waals surface area contributed by atoms with Crippen LogP contribution in [-0.2, 0) is 4.79 Å². The zero-order chi connectivity index (χ0) is 16.4. The number of aliphatic hydroxyl groups excluding tert-OH is 1. The number of benzene rings is 1. The van der Waals surface area contributed by atoms with Crippen molar-refractivity contribution in [2.45, 2.75) is 25.9 Å². The van der Waals surface area contributed by atoms with Gasteiger partial charge in [0.1, 0.15) is 5.82 Å². The predicted molar refractivity (Wildman–Crippen MR) is 89.1 cm³/mol. The number of amides is 1. The molecule has 1 amide bonds. The van der Waals surface area contributed by atoms with E-state index in [1.54, 1.807) is 13.0 Å². The molecule has 1 aromatic heterocycles. The van der Waals surface area contributed by atoms with Crippen LogP contribution in [0.4, 0.5) is 9.52 Å². The number of halogens is 1. The quantitative estimate of drug-likeness (QED) is 0.899. The Morgan fingerprint density at radius 1 is 1.61 bits per heavy atom. The minimum absolute atomic E-state index is 0.129. The Labute approximate surface area is 138 Å². The normalized spacial score (nSPS) is 20.6. The van der Waals surface area contributed by atoms with Gasteiger partial charge >= 0.3 is 0 Å². The molecule has 2 atom stereocenters. The van der Waals surface area contributed by atoms with Gasteiger partial charge in [-0.15, -0.1) is 0 Å². The molecule has 124 valence electrons. The Kier molecular flexibility index (Phi) is 4.89. The molecule has 7 heteroatoms.